The highest BCUT2D eigenvalue weighted by Gasteiger charge is 2.22. The molecule has 0 saturated carbocycles. The molecule has 0 fully saturated rings. The van der Waals surface area contributed by atoms with E-state index in [4.69, 9.17) is 19.3 Å². The van der Waals surface area contributed by atoms with E-state index >= 15 is 0 Å². The van der Waals surface area contributed by atoms with Gasteiger partial charge in [0.05, 0.1) is 6.61 Å². The quantitative estimate of drug-likeness (QED) is 0.0618. The predicted molar refractivity (Wildman–Crippen MR) is 152 cm³/mol. The second kappa shape index (κ2) is 23.9. The van der Waals surface area contributed by atoms with Gasteiger partial charge in [0.1, 0.15) is 6.61 Å². The maximum absolute atomic E-state index is 12.2. The molecule has 0 amide bonds. The molecule has 0 aliphatic heterocycles. The van der Waals surface area contributed by atoms with Crippen LogP contribution in [0, 0.1) is 11.8 Å². The minimum atomic E-state index is -4.73. The van der Waals surface area contributed by atoms with Gasteiger partial charge in [-0.15, -0.1) is 0 Å². The highest BCUT2D eigenvalue weighted by atomic mass is 31.2. The van der Waals surface area contributed by atoms with Crippen LogP contribution in [0.1, 0.15) is 143 Å². The molecule has 1 atom stereocenters. The average molecular weight is 565 g/mol. The van der Waals surface area contributed by atoms with Crippen LogP contribution in [0.25, 0.3) is 0 Å². The Kier molecular flexibility index (Phi) is 23.3. The van der Waals surface area contributed by atoms with Gasteiger partial charge >= 0.3 is 19.8 Å². The summed E-state index contributed by atoms with van der Waals surface area (Å²) in [6, 6.07) is 0. The van der Waals surface area contributed by atoms with Gasteiger partial charge in [0.25, 0.3) is 0 Å². The molecular formula is C29H57O8P. The fourth-order valence-electron chi connectivity index (χ4n) is 4.21. The van der Waals surface area contributed by atoms with Gasteiger partial charge < -0.3 is 19.3 Å². The van der Waals surface area contributed by atoms with Gasteiger partial charge in [-0.05, 0) is 24.7 Å². The third kappa shape index (κ3) is 28.1. The minimum absolute atomic E-state index is 0.214. The maximum Gasteiger partial charge on any atom is 0.469 e. The van der Waals surface area contributed by atoms with Crippen molar-refractivity contribution in [3.8, 4) is 0 Å². The van der Waals surface area contributed by atoms with Gasteiger partial charge in [0.15, 0.2) is 6.10 Å². The van der Waals surface area contributed by atoms with Gasteiger partial charge in [-0.25, -0.2) is 4.57 Å². The summed E-state index contributed by atoms with van der Waals surface area (Å²) >= 11 is 0. The van der Waals surface area contributed by atoms with Crippen LogP contribution in [0.15, 0.2) is 0 Å². The highest BCUT2D eigenvalue weighted by Crippen LogP contribution is 2.35. The lowest BCUT2D eigenvalue weighted by molar-refractivity contribution is -0.161. The molecule has 0 aromatic carbocycles. The van der Waals surface area contributed by atoms with E-state index in [2.05, 4.69) is 32.2 Å². The summed E-state index contributed by atoms with van der Waals surface area (Å²) in [6.45, 7) is 8.16. The summed E-state index contributed by atoms with van der Waals surface area (Å²) in [6.07, 6.45) is 17.3. The molecule has 0 bridgehead atoms. The van der Waals surface area contributed by atoms with Crippen LogP contribution >= 0.6 is 7.82 Å². The molecule has 0 unspecified atom stereocenters. The second-order valence-electron chi connectivity index (χ2n) is 11.4. The molecule has 38 heavy (non-hydrogen) atoms. The molecule has 226 valence electrons. The number of rotatable bonds is 26. The molecule has 0 rings (SSSR count). The van der Waals surface area contributed by atoms with Crippen LogP contribution in [-0.2, 0) is 28.2 Å². The number of phosphoric acid groups is 1. The van der Waals surface area contributed by atoms with Gasteiger partial charge in [0.2, 0.25) is 0 Å². The Hall–Kier alpha value is -0.950. The second-order valence-corrected chi connectivity index (χ2v) is 12.6. The summed E-state index contributed by atoms with van der Waals surface area (Å²) < 4.78 is 26.1. The zero-order valence-corrected chi connectivity index (χ0v) is 25.6. The van der Waals surface area contributed by atoms with Crippen molar-refractivity contribution in [3.05, 3.63) is 0 Å². The van der Waals surface area contributed by atoms with E-state index in [-0.39, 0.29) is 19.4 Å². The molecular weight excluding hydrogens is 507 g/mol. The van der Waals surface area contributed by atoms with E-state index in [0.717, 1.165) is 56.8 Å². The molecule has 0 aliphatic carbocycles. The lowest BCUT2D eigenvalue weighted by atomic mass is 10.0. The van der Waals surface area contributed by atoms with Gasteiger partial charge in [-0.2, -0.15) is 0 Å². The monoisotopic (exact) mass is 564 g/mol. The number of esters is 2. The first-order valence-corrected chi connectivity index (χ1v) is 16.6. The van der Waals surface area contributed by atoms with E-state index in [9.17, 15) is 14.2 Å². The number of unbranched alkanes of at least 4 members (excludes halogenated alkanes) is 12. The van der Waals surface area contributed by atoms with Crippen LogP contribution in [0.2, 0.25) is 0 Å². The summed E-state index contributed by atoms with van der Waals surface area (Å²) in [5.41, 5.74) is 0. The molecule has 0 saturated heterocycles. The van der Waals surface area contributed by atoms with Crippen molar-refractivity contribution in [1.82, 2.24) is 0 Å². The number of carbonyl (C=O) groups is 2. The Labute approximate surface area is 232 Å². The van der Waals surface area contributed by atoms with Crippen molar-refractivity contribution in [2.24, 2.45) is 11.8 Å². The Morgan fingerprint density at radius 2 is 1.00 bits per heavy atom. The molecule has 0 aromatic rings. The van der Waals surface area contributed by atoms with Crippen LogP contribution in [0.3, 0.4) is 0 Å². The third-order valence-electron chi connectivity index (χ3n) is 6.48. The summed E-state index contributed by atoms with van der Waals surface area (Å²) in [7, 11) is -4.73. The Balaban J connectivity index is 4.08. The van der Waals surface area contributed by atoms with E-state index in [1.807, 2.05) is 0 Å². The largest absolute Gasteiger partial charge is 0.469 e. The zero-order chi connectivity index (χ0) is 28.7. The smallest absolute Gasteiger partial charge is 0.462 e. The molecule has 2 N–H and O–H groups in total. The Morgan fingerprint density at radius 1 is 0.605 bits per heavy atom. The normalized spacial score (nSPS) is 12.7. The van der Waals surface area contributed by atoms with E-state index < -0.39 is 32.5 Å². The molecule has 0 aliphatic rings. The molecule has 8 nitrogen and oxygen atoms in total. The molecule has 0 heterocycles. The lowest BCUT2D eigenvalue weighted by Crippen LogP contribution is -2.29. The number of hydrogen-bond donors (Lipinski definition) is 2. The maximum atomic E-state index is 12.2. The standard InChI is InChI=1S/C29H57O8P/c1-25(2)19-15-11-7-5-6-8-14-18-22-29(31)37-27(24-36-38(32,33)34)23-35-28(30)21-17-13-10-9-12-16-20-26(3)4/h25-27H,5-24H2,1-4H3,(H2,32,33,34)/t27-/m1/s1. The fraction of sp³-hybridized carbons (Fsp3) is 0.931. The van der Waals surface area contributed by atoms with E-state index in [0.29, 0.717) is 6.42 Å². The van der Waals surface area contributed by atoms with Crippen LogP contribution in [-0.4, -0.2) is 41.0 Å². The molecule has 0 radical (unpaired) electrons. The number of hydrogen-bond acceptors (Lipinski definition) is 6. The van der Waals surface area contributed by atoms with Crippen LogP contribution in [0.4, 0.5) is 0 Å². The molecule has 0 aromatic heterocycles. The number of ether oxygens (including phenoxy) is 2. The third-order valence-corrected chi connectivity index (χ3v) is 6.97. The van der Waals surface area contributed by atoms with Crippen molar-refractivity contribution < 1.29 is 37.9 Å². The average Bonchev–Trinajstić information content (AvgIpc) is 2.82. The van der Waals surface area contributed by atoms with Crippen molar-refractivity contribution in [2.75, 3.05) is 13.2 Å². The summed E-state index contributed by atoms with van der Waals surface area (Å²) in [4.78, 5) is 42.3. The van der Waals surface area contributed by atoms with Crippen LogP contribution < -0.4 is 0 Å². The Morgan fingerprint density at radius 3 is 1.42 bits per heavy atom. The Bertz CT molecular complexity index is 632. The summed E-state index contributed by atoms with van der Waals surface area (Å²) in [5.74, 6) is 0.621. The van der Waals surface area contributed by atoms with Crippen molar-refractivity contribution in [1.29, 1.82) is 0 Å². The predicted octanol–water partition coefficient (Wildman–Crippen LogP) is 7.88. The number of carbonyl (C=O) groups excluding carboxylic acids is 2. The van der Waals surface area contributed by atoms with Crippen molar-refractivity contribution in [3.63, 3.8) is 0 Å². The SMILES string of the molecule is CC(C)CCCCCCCCCCC(=O)O[C@H](COC(=O)CCCCCCCCC(C)C)COP(=O)(O)O. The van der Waals surface area contributed by atoms with Crippen molar-refractivity contribution >= 4 is 19.8 Å². The lowest BCUT2D eigenvalue weighted by Gasteiger charge is -2.18. The fourth-order valence-corrected chi connectivity index (χ4v) is 4.57. The first kappa shape index (κ1) is 37.0. The van der Waals surface area contributed by atoms with E-state index in [1.165, 1.54) is 51.4 Å². The van der Waals surface area contributed by atoms with Gasteiger partial charge in [-0.3, -0.25) is 14.1 Å². The topological polar surface area (TPSA) is 119 Å². The first-order valence-electron chi connectivity index (χ1n) is 15.0. The minimum Gasteiger partial charge on any atom is -0.462 e. The van der Waals surface area contributed by atoms with Crippen LogP contribution in [0.5, 0.6) is 0 Å². The molecule has 9 heteroatoms. The van der Waals surface area contributed by atoms with Gasteiger partial charge in [0, 0.05) is 12.8 Å². The summed E-state index contributed by atoms with van der Waals surface area (Å²) in [5, 5.41) is 0. The number of phosphoric ester groups is 1. The zero-order valence-electron chi connectivity index (χ0n) is 24.7. The highest BCUT2D eigenvalue weighted by molar-refractivity contribution is 7.46. The first-order chi connectivity index (χ1) is 18.0. The van der Waals surface area contributed by atoms with Gasteiger partial charge in [-0.1, -0.05) is 118 Å². The van der Waals surface area contributed by atoms with E-state index in [1.54, 1.807) is 0 Å². The van der Waals surface area contributed by atoms with Crippen molar-refractivity contribution in [2.45, 2.75) is 149 Å². The molecule has 0 spiro atoms.